The van der Waals surface area contributed by atoms with E-state index in [1.807, 2.05) is 6.07 Å². The van der Waals surface area contributed by atoms with Gasteiger partial charge in [0.2, 0.25) is 0 Å². The lowest BCUT2D eigenvalue weighted by atomic mass is 10.2. The van der Waals surface area contributed by atoms with Crippen LogP contribution in [0.3, 0.4) is 0 Å². The minimum absolute atomic E-state index is 0.00531. The first kappa shape index (κ1) is 17.7. The second-order valence-corrected chi connectivity index (χ2v) is 4.83. The number of benzene rings is 1. The van der Waals surface area contributed by atoms with Gasteiger partial charge in [0.05, 0.1) is 29.6 Å². The minimum Gasteiger partial charge on any atom is -0.464 e. The molecule has 0 aliphatic carbocycles. The molecule has 0 fully saturated rings. The molecule has 1 heterocycles. The number of halogens is 1. The van der Waals surface area contributed by atoms with Crippen molar-refractivity contribution >= 4 is 17.6 Å². The van der Waals surface area contributed by atoms with Crippen LogP contribution < -0.4 is 5.73 Å². The highest BCUT2D eigenvalue weighted by Crippen LogP contribution is 2.26. The Bertz CT molecular complexity index is 896. The maximum atomic E-state index is 14.5. The zero-order valence-electron chi connectivity index (χ0n) is 13.3. The van der Waals surface area contributed by atoms with Gasteiger partial charge in [-0.3, -0.25) is 0 Å². The first-order valence-electron chi connectivity index (χ1n) is 7.01. The molecule has 0 atom stereocenters. The smallest absolute Gasteiger partial charge is 0.357 e. The SMILES string of the molecule is C=CCOC(=O)c1ccc(-n2cc(C#N)c(N)c2C(=O)OC)c(F)c1. The summed E-state index contributed by atoms with van der Waals surface area (Å²) in [6, 6.07) is 5.38. The summed E-state index contributed by atoms with van der Waals surface area (Å²) in [5.41, 5.74) is 5.37. The van der Waals surface area contributed by atoms with Crippen LogP contribution in [-0.4, -0.2) is 30.2 Å². The van der Waals surface area contributed by atoms with Crippen LogP contribution in [0.1, 0.15) is 26.4 Å². The third kappa shape index (κ3) is 3.35. The molecule has 0 radical (unpaired) electrons. The average Bonchev–Trinajstić information content (AvgIpc) is 2.95. The monoisotopic (exact) mass is 343 g/mol. The first-order chi connectivity index (χ1) is 11.9. The Kier molecular flexibility index (Phi) is 5.19. The van der Waals surface area contributed by atoms with E-state index in [-0.39, 0.29) is 34.8 Å². The summed E-state index contributed by atoms with van der Waals surface area (Å²) in [6.07, 6.45) is 2.60. The summed E-state index contributed by atoms with van der Waals surface area (Å²) < 4.78 is 25.0. The average molecular weight is 343 g/mol. The summed E-state index contributed by atoms with van der Waals surface area (Å²) >= 11 is 0. The third-order valence-electron chi connectivity index (χ3n) is 3.32. The van der Waals surface area contributed by atoms with Gasteiger partial charge in [-0.2, -0.15) is 5.26 Å². The molecule has 0 bridgehead atoms. The normalized spacial score (nSPS) is 9.96. The summed E-state index contributed by atoms with van der Waals surface area (Å²) in [5, 5.41) is 9.07. The van der Waals surface area contributed by atoms with Gasteiger partial charge in [0, 0.05) is 6.20 Å². The molecular weight excluding hydrogens is 329 g/mol. The molecule has 25 heavy (non-hydrogen) atoms. The number of aromatic nitrogens is 1. The number of rotatable bonds is 5. The Hall–Kier alpha value is -3.60. The third-order valence-corrected chi connectivity index (χ3v) is 3.32. The van der Waals surface area contributed by atoms with E-state index in [4.69, 9.17) is 15.7 Å². The number of nitrogens with zero attached hydrogens (tertiary/aromatic N) is 2. The lowest BCUT2D eigenvalue weighted by Crippen LogP contribution is -2.12. The van der Waals surface area contributed by atoms with Gasteiger partial charge in [-0.05, 0) is 18.2 Å². The van der Waals surface area contributed by atoms with Crippen molar-refractivity contribution < 1.29 is 23.5 Å². The Morgan fingerprint density at radius 2 is 2.16 bits per heavy atom. The van der Waals surface area contributed by atoms with Crippen LogP contribution >= 0.6 is 0 Å². The molecule has 0 saturated heterocycles. The van der Waals surface area contributed by atoms with E-state index in [1.165, 1.54) is 24.4 Å². The number of hydrogen-bond acceptors (Lipinski definition) is 6. The van der Waals surface area contributed by atoms with Crippen LogP contribution in [0, 0.1) is 17.1 Å². The fourth-order valence-electron chi connectivity index (χ4n) is 2.15. The summed E-state index contributed by atoms with van der Waals surface area (Å²) in [4.78, 5) is 23.7. The maximum Gasteiger partial charge on any atom is 0.357 e. The fraction of sp³-hybridized carbons (Fsp3) is 0.118. The number of carbonyl (C=O) groups excluding carboxylic acids is 2. The van der Waals surface area contributed by atoms with Crippen LogP contribution in [0.15, 0.2) is 37.1 Å². The van der Waals surface area contributed by atoms with Gasteiger partial charge in [0.15, 0.2) is 5.69 Å². The molecule has 1 aromatic carbocycles. The molecule has 2 aromatic rings. The van der Waals surface area contributed by atoms with E-state index in [1.54, 1.807) is 0 Å². The number of methoxy groups -OCH3 is 1. The van der Waals surface area contributed by atoms with Gasteiger partial charge in [-0.1, -0.05) is 12.7 Å². The summed E-state index contributed by atoms with van der Waals surface area (Å²) in [7, 11) is 1.14. The molecule has 0 unspecified atom stereocenters. The van der Waals surface area contributed by atoms with Gasteiger partial charge < -0.3 is 19.8 Å². The number of nitrogens with two attached hydrogens (primary N) is 1. The predicted octanol–water partition coefficient (Wildman–Crippen LogP) is 2.20. The van der Waals surface area contributed by atoms with Crippen molar-refractivity contribution in [3.05, 3.63) is 59.7 Å². The number of esters is 2. The molecule has 1 aromatic heterocycles. The molecule has 7 nitrogen and oxygen atoms in total. The van der Waals surface area contributed by atoms with Crippen molar-refractivity contribution in [3.63, 3.8) is 0 Å². The van der Waals surface area contributed by atoms with Crippen molar-refractivity contribution in [2.24, 2.45) is 0 Å². The van der Waals surface area contributed by atoms with E-state index in [0.717, 1.165) is 17.7 Å². The Balaban J connectivity index is 2.53. The number of carbonyl (C=O) groups is 2. The molecule has 0 amide bonds. The van der Waals surface area contributed by atoms with Crippen LogP contribution in [-0.2, 0) is 9.47 Å². The van der Waals surface area contributed by atoms with Crippen LogP contribution in [0.4, 0.5) is 10.1 Å². The Labute approximate surface area is 142 Å². The van der Waals surface area contributed by atoms with Crippen molar-refractivity contribution in [2.75, 3.05) is 19.5 Å². The predicted molar refractivity (Wildman–Crippen MR) is 86.7 cm³/mol. The number of anilines is 1. The van der Waals surface area contributed by atoms with Gasteiger partial charge in [0.1, 0.15) is 18.5 Å². The molecule has 0 saturated carbocycles. The molecule has 8 heteroatoms. The molecule has 0 aliphatic heterocycles. The topological polar surface area (TPSA) is 107 Å². The van der Waals surface area contributed by atoms with Gasteiger partial charge in [-0.25, -0.2) is 14.0 Å². The largest absolute Gasteiger partial charge is 0.464 e. The van der Waals surface area contributed by atoms with Crippen molar-refractivity contribution in [1.82, 2.24) is 4.57 Å². The van der Waals surface area contributed by atoms with Gasteiger partial charge in [0.25, 0.3) is 0 Å². The van der Waals surface area contributed by atoms with E-state index in [0.29, 0.717) is 0 Å². The summed E-state index contributed by atoms with van der Waals surface area (Å²) in [5.74, 6) is -2.35. The van der Waals surface area contributed by atoms with E-state index in [2.05, 4.69) is 11.3 Å². The highest BCUT2D eigenvalue weighted by Gasteiger charge is 2.23. The van der Waals surface area contributed by atoms with Crippen LogP contribution in [0.25, 0.3) is 5.69 Å². The molecule has 0 aliphatic rings. The van der Waals surface area contributed by atoms with E-state index in [9.17, 15) is 14.0 Å². The van der Waals surface area contributed by atoms with Gasteiger partial charge >= 0.3 is 11.9 Å². The van der Waals surface area contributed by atoms with E-state index < -0.39 is 17.8 Å². The van der Waals surface area contributed by atoms with Crippen LogP contribution in [0.5, 0.6) is 0 Å². The highest BCUT2D eigenvalue weighted by atomic mass is 19.1. The second kappa shape index (κ2) is 7.31. The lowest BCUT2D eigenvalue weighted by molar-refractivity contribution is 0.0547. The van der Waals surface area contributed by atoms with Crippen molar-refractivity contribution in [2.45, 2.75) is 0 Å². The standard InChI is InChI=1S/C17H14FN3O4/c1-3-6-25-16(22)10-4-5-13(12(18)7-10)21-9-11(8-19)14(20)15(21)17(23)24-2/h3-5,7,9H,1,6,20H2,2H3. The molecule has 128 valence electrons. The molecule has 2 rings (SSSR count). The van der Waals surface area contributed by atoms with E-state index >= 15 is 0 Å². The van der Waals surface area contributed by atoms with Crippen molar-refractivity contribution in [1.29, 1.82) is 5.26 Å². The quantitative estimate of drug-likeness (QED) is 0.659. The fourth-order valence-corrected chi connectivity index (χ4v) is 2.15. The maximum absolute atomic E-state index is 14.5. The second-order valence-electron chi connectivity index (χ2n) is 4.83. The van der Waals surface area contributed by atoms with Gasteiger partial charge in [-0.15, -0.1) is 0 Å². The zero-order valence-corrected chi connectivity index (χ0v) is 13.3. The molecule has 0 spiro atoms. The number of ether oxygens (including phenoxy) is 2. The van der Waals surface area contributed by atoms with Crippen LogP contribution in [0.2, 0.25) is 0 Å². The lowest BCUT2D eigenvalue weighted by Gasteiger charge is -2.10. The number of nitrogen functional groups attached to an aromatic ring is 1. The first-order valence-corrected chi connectivity index (χ1v) is 7.01. The summed E-state index contributed by atoms with van der Waals surface area (Å²) in [6.45, 7) is 3.41. The molecular formula is C17H14FN3O4. The molecule has 2 N–H and O–H groups in total. The zero-order chi connectivity index (χ0) is 18.6. The Morgan fingerprint density at radius 1 is 1.44 bits per heavy atom. The minimum atomic E-state index is -0.826. The number of nitriles is 1. The van der Waals surface area contributed by atoms with Crippen molar-refractivity contribution in [3.8, 4) is 11.8 Å². The Morgan fingerprint density at radius 3 is 2.72 bits per heavy atom. The highest BCUT2D eigenvalue weighted by molar-refractivity contribution is 5.96. The number of hydrogen-bond donors (Lipinski definition) is 1.